The number of hydrogen-bond donors (Lipinski definition) is 1. The van der Waals surface area contributed by atoms with Crippen LogP contribution in [0.2, 0.25) is 5.15 Å². The van der Waals surface area contributed by atoms with Gasteiger partial charge in [-0.25, -0.2) is 9.97 Å². The normalized spacial score (nSPS) is 10.8. The second-order valence-electron chi connectivity index (χ2n) is 5.52. The molecule has 2 aromatic heterocycles. The number of rotatable bonds is 8. The Bertz CT molecular complexity index is 720. The Morgan fingerprint density at radius 3 is 2.36 bits per heavy atom. The van der Waals surface area contributed by atoms with Gasteiger partial charge in [0.15, 0.2) is 5.82 Å². The standard InChI is InChI=1S/C18H25ClN4O2/c1-6-11(7-2)25-18-13(8-3)21-15(17(20-4)23-18)12-9-10-14(24-5)22-16(12)19/h9-11H,6-8H2,1-5H3,(H,20,23). The van der Waals surface area contributed by atoms with E-state index in [4.69, 9.17) is 26.1 Å². The summed E-state index contributed by atoms with van der Waals surface area (Å²) in [5.41, 5.74) is 2.15. The lowest BCUT2D eigenvalue weighted by Gasteiger charge is -2.19. The largest absolute Gasteiger partial charge is 0.481 e. The minimum atomic E-state index is 0.126. The van der Waals surface area contributed by atoms with E-state index >= 15 is 0 Å². The van der Waals surface area contributed by atoms with Gasteiger partial charge in [0.2, 0.25) is 11.8 Å². The van der Waals surface area contributed by atoms with Crippen LogP contribution in [0.1, 0.15) is 39.3 Å². The molecule has 2 aromatic rings. The Morgan fingerprint density at radius 2 is 1.84 bits per heavy atom. The van der Waals surface area contributed by atoms with Crippen molar-refractivity contribution in [2.45, 2.75) is 46.1 Å². The number of nitrogens with one attached hydrogen (secondary N) is 1. The average Bonchev–Trinajstić information content (AvgIpc) is 2.65. The van der Waals surface area contributed by atoms with E-state index in [9.17, 15) is 0 Å². The fourth-order valence-corrected chi connectivity index (χ4v) is 2.70. The lowest BCUT2D eigenvalue weighted by molar-refractivity contribution is 0.182. The minimum absolute atomic E-state index is 0.126. The predicted octanol–water partition coefficient (Wildman–Crippen LogP) is 4.37. The van der Waals surface area contributed by atoms with E-state index in [0.29, 0.717) is 40.4 Å². The van der Waals surface area contributed by atoms with Crippen LogP contribution in [0.5, 0.6) is 11.8 Å². The summed E-state index contributed by atoms with van der Waals surface area (Å²) in [6.45, 7) is 6.23. The van der Waals surface area contributed by atoms with Crippen molar-refractivity contribution >= 4 is 17.4 Å². The van der Waals surface area contributed by atoms with Crippen LogP contribution in [0, 0.1) is 0 Å². The zero-order valence-electron chi connectivity index (χ0n) is 15.4. The summed E-state index contributed by atoms with van der Waals surface area (Å²) in [4.78, 5) is 13.6. The maximum absolute atomic E-state index is 6.32. The van der Waals surface area contributed by atoms with Gasteiger partial charge in [0.05, 0.1) is 13.2 Å². The second-order valence-corrected chi connectivity index (χ2v) is 5.88. The molecule has 0 atom stereocenters. The predicted molar refractivity (Wildman–Crippen MR) is 101 cm³/mol. The molecule has 0 aliphatic carbocycles. The van der Waals surface area contributed by atoms with Gasteiger partial charge >= 0.3 is 0 Å². The number of aryl methyl sites for hydroxylation is 1. The van der Waals surface area contributed by atoms with Crippen molar-refractivity contribution in [2.75, 3.05) is 19.5 Å². The first-order chi connectivity index (χ1) is 12.1. The monoisotopic (exact) mass is 364 g/mol. The molecule has 6 nitrogen and oxygen atoms in total. The fourth-order valence-electron chi connectivity index (χ4n) is 2.46. The second kappa shape index (κ2) is 8.85. The van der Waals surface area contributed by atoms with E-state index in [1.54, 1.807) is 20.2 Å². The van der Waals surface area contributed by atoms with E-state index in [1.165, 1.54) is 0 Å². The van der Waals surface area contributed by atoms with Crippen molar-refractivity contribution in [1.82, 2.24) is 15.0 Å². The fraction of sp³-hybridized carbons (Fsp3) is 0.500. The highest BCUT2D eigenvalue weighted by atomic mass is 35.5. The van der Waals surface area contributed by atoms with Gasteiger partial charge < -0.3 is 14.8 Å². The topological polar surface area (TPSA) is 69.2 Å². The van der Waals surface area contributed by atoms with Gasteiger partial charge in [-0.3, -0.25) is 0 Å². The van der Waals surface area contributed by atoms with E-state index in [-0.39, 0.29) is 6.10 Å². The molecule has 0 fully saturated rings. The first-order valence-corrected chi connectivity index (χ1v) is 8.91. The molecule has 0 unspecified atom stereocenters. The molecule has 0 aliphatic rings. The molecule has 0 spiro atoms. The number of nitrogens with zero attached hydrogens (tertiary/aromatic N) is 3. The van der Waals surface area contributed by atoms with Crippen molar-refractivity contribution in [3.63, 3.8) is 0 Å². The quantitative estimate of drug-likeness (QED) is 0.701. The number of aromatic nitrogens is 3. The molecule has 1 N–H and O–H groups in total. The molecule has 0 bridgehead atoms. The molecule has 0 aromatic carbocycles. The Balaban J connectivity index is 2.52. The summed E-state index contributed by atoms with van der Waals surface area (Å²) in [6, 6.07) is 3.59. The highest BCUT2D eigenvalue weighted by Crippen LogP contribution is 2.34. The lowest BCUT2D eigenvalue weighted by atomic mass is 10.2. The van der Waals surface area contributed by atoms with Crippen LogP contribution in [0.25, 0.3) is 11.3 Å². The van der Waals surface area contributed by atoms with Gasteiger partial charge in [0.1, 0.15) is 16.5 Å². The summed E-state index contributed by atoms with van der Waals surface area (Å²) in [7, 11) is 3.35. The third-order valence-corrected chi connectivity index (χ3v) is 4.27. The summed E-state index contributed by atoms with van der Waals surface area (Å²) in [6.07, 6.45) is 2.68. The minimum Gasteiger partial charge on any atom is -0.481 e. The Hall–Kier alpha value is -2.08. The number of halogens is 1. The molecule has 25 heavy (non-hydrogen) atoms. The number of pyridine rings is 1. The van der Waals surface area contributed by atoms with Crippen LogP contribution < -0.4 is 14.8 Å². The maximum atomic E-state index is 6.32. The molecule has 2 heterocycles. The van der Waals surface area contributed by atoms with Gasteiger partial charge in [0.25, 0.3) is 0 Å². The van der Waals surface area contributed by atoms with Crippen LogP contribution in [-0.4, -0.2) is 35.2 Å². The molecule has 0 aliphatic heterocycles. The van der Waals surface area contributed by atoms with Crippen LogP contribution in [0.4, 0.5) is 5.82 Å². The number of hydrogen-bond acceptors (Lipinski definition) is 6. The zero-order valence-corrected chi connectivity index (χ0v) is 16.1. The van der Waals surface area contributed by atoms with E-state index in [2.05, 4.69) is 29.1 Å². The molecule has 2 rings (SSSR count). The van der Waals surface area contributed by atoms with E-state index in [0.717, 1.165) is 18.5 Å². The Kier molecular flexibility index (Phi) is 6.82. The molecule has 7 heteroatoms. The number of ether oxygens (including phenoxy) is 2. The smallest absolute Gasteiger partial charge is 0.237 e. The highest BCUT2D eigenvalue weighted by Gasteiger charge is 2.19. The van der Waals surface area contributed by atoms with Crippen molar-refractivity contribution in [3.05, 3.63) is 23.0 Å². The molecule has 136 valence electrons. The van der Waals surface area contributed by atoms with E-state index < -0.39 is 0 Å². The summed E-state index contributed by atoms with van der Waals surface area (Å²) >= 11 is 6.32. The number of methoxy groups -OCH3 is 1. The summed E-state index contributed by atoms with van der Waals surface area (Å²) in [5.74, 6) is 1.63. The molecule has 0 saturated heterocycles. The first kappa shape index (κ1) is 19.2. The van der Waals surface area contributed by atoms with E-state index in [1.807, 2.05) is 13.0 Å². The van der Waals surface area contributed by atoms with Gasteiger partial charge in [-0.1, -0.05) is 32.4 Å². The van der Waals surface area contributed by atoms with Gasteiger partial charge in [-0.2, -0.15) is 4.98 Å². The van der Waals surface area contributed by atoms with Crippen LogP contribution in [-0.2, 0) is 6.42 Å². The SMILES string of the molecule is CCc1nc(-c2ccc(OC)nc2Cl)c(NC)nc1OC(CC)CC. The van der Waals surface area contributed by atoms with Crippen molar-refractivity contribution < 1.29 is 9.47 Å². The van der Waals surface area contributed by atoms with Crippen molar-refractivity contribution in [2.24, 2.45) is 0 Å². The molecular formula is C18H25ClN4O2. The summed E-state index contributed by atoms with van der Waals surface area (Å²) < 4.78 is 11.2. The average molecular weight is 365 g/mol. The van der Waals surface area contributed by atoms with Gasteiger partial charge in [-0.05, 0) is 25.3 Å². The lowest BCUT2D eigenvalue weighted by Crippen LogP contribution is -2.17. The summed E-state index contributed by atoms with van der Waals surface area (Å²) in [5, 5.41) is 3.40. The molecule has 0 amide bonds. The third kappa shape index (κ3) is 4.31. The van der Waals surface area contributed by atoms with Crippen molar-refractivity contribution in [1.29, 1.82) is 0 Å². The van der Waals surface area contributed by atoms with Crippen LogP contribution in [0.3, 0.4) is 0 Å². The van der Waals surface area contributed by atoms with Crippen LogP contribution >= 0.6 is 11.6 Å². The first-order valence-electron chi connectivity index (χ1n) is 8.53. The molecule has 0 radical (unpaired) electrons. The van der Waals surface area contributed by atoms with Gasteiger partial charge in [-0.15, -0.1) is 0 Å². The third-order valence-electron chi connectivity index (χ3n) is 3.98. The Morgan fingerprint density at radius 1 is 1.12 bits per heavy atom. The zero-order chi connectivity index (χ0) is 18.4. The maximum Gasteiger partial charge on any atom is 0.237 e. The van der Waals surface area contributed by atoms with Crippen LogP contribution in [0.15, 0.2) is 12.1 Å². The molecular weight excluding hydrogens is 340 g/mol. The number of anilines is 1. The van der Waals surface area contributed by atoms with Gasteiger partial charge in [0, 0.05) is 18.7 Å². The highest BCUT2D eigenvalue weighted by molar-refractivity contribution is 6.32. The Labute approximate surface area is 154 Å². The molecule has 0 saturated carbocycles. The van der Waals surface area contributed by atoms with Crippen molar-refractivity contribution in [3.8, 4) is 23.0 Å².